The van der Waals surface area contributed by atoms with Crippen LogP contribution < -0.4 is 0 Å². The van der Waals surface area contributed by atoms with E-state index in [1.807, 2.05) is 0 Å². The maximum absolute atomic E-state index is 2.35. The molecule has 0 saturated heterocycles. The molecule has 0 aliphatic rings. The van der Waals surface area contributed by atoms with Gasteiger partial charge in [-0.25, -0.2) is 0 Å². The Kier molecular flexibility index (Phi) is 5.27. The van der Waals surface area contributed by atoms with Gasteiger partial charge in [0.2, 0.25) is 0 Å². The largest absolute Gasteiger partial charge is 0.0911 e. The molecule has 1 atom stereocenters. The zero-order valence-corrected chi connectivity index (χ0v) is 8.48. The summed E-state index contributed by atoms with van der Waals surface area (Å²) in [5, 5.41) is 0. The average Bonchev–Trinajstić information content (AvgIpc) is 2.02. The molecule has 0 unspecified atom stereocenters. The minimum absolute atomic E-state index is 0.463. The Morgan fingerprint density at radius 3 is 2.27 bits per heavy atom. The first-order valence-electron chi connectivity index (χ1n) is 4.82. The Morgan fingerprint density at radius 1 is 1.27 bits per heavy atom. The van der Waals surface area contributed by atoms with Crippen LogP contribution in [0.4, 0.5) is 0 Å². The maximum atomic E-state index is 2.35. The molecule has 0 fully saturated rings. The summed E-state index contributed by atoms with van der Waals surface area (Å²) < 4.78 is 0. The van der Waals surface area contributed by atoms with Gasteiger partial charge in [-0.2, -0.15) is 0 Å². The van der Waals surface area contributed by atoms with E-state index in [0.717, 1.165) is 0 Å². The fourth-order valence-electron chi connectivity index (χ4n) is 1.36. The van der Waals surface area contributed by atoms with Crippen LogP contribution in [0.1, 0.15) is 53.4 Å². The molecule has 0 rings (SSSR count). The Morgan fingerprint density at radius 2 is 1.91 bits per heavy atom. The van der Waals surface area contributed by atoms with E-state index in [0.29, 0.717) is 5.41 Å². The topological polar surface area (TPSA) is 0 Å². The molecular weight excluding hydrogens is 132 g/mol. The summed E-state index contributed by atoms with van der Waals surface area (Å²) in [7, 11) is 0. The van der Waals surface area contributed by atoms with Gasteiger partial charge in [0.15, 0.2) is 0 Å². The lowest BCUT2D eigenvalue weighted by atomic mass is 9.82. The van der Waals surface area contributed by atoms with Gasteiger partial charge in [0.25, 0.3) is 0 Å². The van der Waals surface area contributed by atoms with Gasteiger partial charge in [-0.3, -0.25) is 0 Å². The second-order valence-electron chi connectivity index (χ2n) is 3.61. The standard InChI is InChI=1S/C11H22/c1-5-8-10-11(4,7-3)9-6-2/h6,9H,5,7-8,10H2,1-4H3/b9-6+/t11-/m0/s1. The highest BCUT2D eigenvalue weighted by molar-refractivity contribution is 4.94. The SMILES string of the molecule is C/C=C/[C@](C)(CC)CCCC. The molecule has 0 radical (unpaired) electrons. The highest BCUT2D eigenvalue weighted by Crippen LogP contribution is 2.29. The third-order valence-electron chi connectivity index (χ3n) is 2.48. The first-order chi connectivity index (χ1) is 5.18. The van der Waals surface area contributed by atoms with Crippen LogP contribution in [0.2, 0.25) is 0 Å². The molecule has 0 N–H and O–H groups in total. The van der Waals surface area contributed by atoms with E-state index in [4.69, 9.17) is 0 Å². The maximum Gasteiger partial charge on any atom is -0.0149 e. The van der Waals surface area contributed by atoms with Crippen molar-refractivity contribution >= 4 is 0 Å². The first kappa shape index (κ1) is 10.7. The van der Waals surface area contributed by atoms with E-state index in [1.54, 1.807) is 0 Å². The minimum atomic E-state index is 0.463. The van der Waals surface area contributed by atoms with Crippen molar-refractivity contribution in [3.8, 4) is 0 Å². The van der Waals surface area contributed by atoms with Crippen molar-refractivity contribution in [1.29, 1.82) is 0 Å². The highest BCUT2D eigenvalue weighted by Gasteiger charge is 2.16. The van der Waals surface area contributed by atoms with Crippen LogP contribution in [0.3, 0.4) is 0 Å². The van der Waals surface area contributed by atoms with Crippen molar-refractivity contribution < 1.29 is 0 Å². The van der Waals surface area contributed by atoms with E-state index < -0.39 is 0 Å². The van der Waals surface area contributed by atoms with Gasteiger partial charge in [-0.05, 0) is 25.2 Å². The molecule has 66 valence electrons. The monoisotopic (exact) mass is 154 g/mol. The molecule has 0 saturated carbocycles. The van der Waals surface area contributed by atoms with Gasteiger partial charge in [0.1, 0.15) is 0 Å². The summed E-state index contributed by atoms with van der Waals surface area (Å²) in [4.78, 5) is 0. The fraction of sp³-hybridized carbons (Fsp3) is 0.818. The van der Waals surface area contributed by atoms with Crippen LogP contribution in [-0.4, -0.2) is 0 Å². The Hall–Kier alpha value is -0.260. The fourth-order valence-corrected chi connectivity index (χ4v) is 1.36. The molecule has 0 amide bonds. The summed E-state index contributed by atoms with van der Waals surface area (Å²) in [6.07, 6.45) is 9.80. The van der Waals surface area contributed by atoms with Crippen LogP contribution in [0.5, 0.6) is 0 Å². The van der Waals surface area contributed by atoms with Crippen molar-refractivity contribution in [2.24, 2.45) is 5.41 Å². The molecule has 0 aromatic carbocycles. The van der Waals surface area contributed by atoms with Crippen LogP contribution in [0.25, 0.3) is 0 Å². The van der Waals surface area contributed by atoms with Crippen LogP contribution in [-0.2, 0) is 0 Å². The van der Waals surface area contributed by atoms with Gasteiger partial charge >= 0.3 is 0 Å². The molecule has 0 aliphatic carbocycles. The lowest BCUT2D eigenvalue weighted by Gasteiger charge is -2.23. The summed E-state index contributed by atoms with van der Waals surface area (Å²) in [6, 6.07) is 0. The number of allylic oxidation sites excluding steroid dienone is 2. The predicted octanol–water partition coefficient (Wildman–Crippen LogP) is 4.17. The van der Waals surface area contributed by atoms with E-state index in [1.165, 1.54) is 25.7 Å². The third-order valence-corrected chi connectivity index (χ3v) is 2.48. The van der Waals surface area contributed by atoms with E-state index in [9.17, 15) is 0 Å². The van der Waals surface area contributed by atoms with Gasteiger partial charge in [-0.15, -0.1) is 0 Å². The Balaban J connectivity index is 3.88. The summed E-state index contributed by atoms with van der Waals surface area (Å²) in [5.74, 6) is 0. The van der Waals surface area contributed by atoms with Crippen molar-refractivity contribution in [3.63, 3.8) is 0 Å². The zero-order chi connectivity index (χ0) is 8.74. The number of hydrogen-bond acceptors (Lipinski definition) is 0. The molecule has 0 aromatic rings. The summed E-state index contributed by atoms with van der Waals surface area (Å²) in [6.45, 7) is 8.99. The smallest absolute Gasteiger partial charge is 0.0149 e. The normalized spacial score (nSPS) is 17.1. The lowest BCUT2D eigenvalue weighted by Crippen LogP contribution is -2.10. The quantitative estimate of drug-likeness (QED) is 0.521. The lowest BCUT2D eigenvalue weighted by molar-refractivity contribution is 0.363. The minimum Gasteiger partial charge on any atom is -0.0911 e. The van der Waals surface area contributed by atoms with Gasteiger partial charge in [0.05, 0.1) is 0 Å². The van der Waals surface area contributed by atoms with Crippen molar-refractivity contribution in [1.82, 2.24) is 0 Å². The molecule has 0 aromatic heterocycles. The second-order valence-corrected chi connectivity index (χ2v) is 3.61. The molecular formula is C11H22. The molecule has 0 nitrogen and oxygen atoms in total. The molecule has 0 aliphatic heterocycles. The van der Waals surface area contributed by atoms with Crippen molar-refractivity contribution in [2.75, 3.05) is 0 Å². The molecule has 0 heterocycles. The highest BCUT2D eigenvalue weighted by atomic mass is 14.2. The molecule has 0 bridgehead atoms. The predicted molar refractivity (Wildman–Crippen MR) is 52.7 cm³/mol. The van der Waals surface area contributed by atoms with Gasteiger partial charge in [-0.1, -0.05) is 45.8 Å². The van der Waals surface area contributed by atoms with Crippen LogP contribution >= 0.6 is 0 Å². The average molecular weight is 154 g/mol. The molecule has 0 heteroatoms. The second kappa shape index (κ2) is 5.40. The summed E-state index contributed by atoms with van der Waals surface area (Å²) in [5.41, 5.74) is 0.463. The Bertz CT molecular complexity index is 113. The van der Waals surface area contributed by atoms with Crippen LogP contribution in [0.15, 0.2) is 12.2 Å². The van der Waals surface area contributed by atoms with Crippen molar-refractivity contribution in [3.05, 3.63) is 12.2 Å². The van der Waals surface area contributed by atoms with Crippen molar-refractivity contribution in [2.45, 2.75) is 53.4 Å². The number of hydrogen-bond donors (Lipinski definition) is 0. The Labute approximate surface area is 71.7 Å². The van der Waals surface area contributed by atoms with Gasteiger partial charge in [0, 0.05) is 0 Å². The summed E-state index contributed by atoms with van der Waals surface area (Å²) >= 11 is 0. The van der Waals surface area contributed by atoms with Crippen LogP contribution in [0, 0.1) is 5.41 Å². The van der Waals surface area contributed by atoms with E-state index >= 15 is 0 Å². The van der Waals surface area contributed by atoms with Gasteiger partial charge < -0.3 is 0 Å². The third kappa shape index (κ3) is 4.23. The van der Waals surface area contributed by atoms with E-state index in [2.05, 4.69) is 39.8 Å². The molecule has 0 spiro atoms. The number of rotatable bonds is 5. The van der Waals surface area contributed by atoms with E-state index in [-0.39, 0.29) is 0 Å². The number of unbranched alkanes of at least 4 members (excludes halogenated alkanes) is 1. The molecule has 11 heavy (non-hydrogen) atoms. The first-order valence-corrected chi connectivity index (χ1v) is 4.82. The zero-order valence-electron chi connectivity index (χ0n) is 8.48.